The Labute approximate surface area is 262 Å². The molecule has 1 atom stereocenters. The van der Waals surface area contributed by atoms with E-state index in [0.717, 1.165) is 24.0 Å². The topological polar surface area (TPSA) is 128 Å². The van der Waals surface area contributed by atoms with Gasteiger partial charge in [-0.2, -0.15) is 0 Å². The lowest BCUT2D eigenvalue weighted by Gasteiger charge is -2.39. The largest absolute Gasteiger partial charge is 0.415 e. The molecule has 4 heterocycles. The highest BCUT2D eigenvalue weighted by Crippen LogP contribution is 2.28. The van der Waals surface area contributed by atoms with Crippen LogP contribution in [0.2, 0.25) is 0 Å². The van der Waals surface area contributed by atoms with Crippen molar-refractivity contribution in [1.29, 1.82) is 0 Å². The zero-order valence-corrected chi connectivity index (χ0v) is 25.2. The van der Waals surface area contributed by atoms with Crippen LogP contribution in [0.15, 0.2) is 42.5 Å². The lowest BCUT2D eigenvalue weighted by Crippen LogP contribution is -2.52. The minimum atomic E-state index is -0.672. The first-order chi connectivity index (χ1) is 21.8. The molecule has 0 spiro atoms. The first-order valence-corrected chi connectivity index (χ1v) is 15.7. The van der Waals surface area contributed by atoms with Crippen LogP contribution in [-0.2, 0) is 27.5 Å². The Morgan fingerprint density at radius 1 is 0.933 bits per heavy atom. The molecule has 234 valence electrons. The van der Waals surface area contributed by atoms with Gasteiger partial charge in [0.15, 0.2) is 0 Å². The highest BCUT2D eigenvalue weighted by Gasteiger charge is 2.39. The van der Waals surface area contributed by atoms with Crippen LogP contribution in [0.1, 0.15) is 72.0 Å². The molecule has 0 saturated carbocycles. The fourth-order valence-corrected chi connectivity index (χ4v) is 6.56. The van der Waals surface area contributed by atoms with Crippen molar-refractivity contribution in [1.82, 2.24) is 25.3 Å². The van der Waals surface area contributed by atoms with E-state index in [0.29, 0.717) is 42.4 Å². The van der Waals surface area contributed by atoms with Gasteiger partial charge in [0.05, 0.1) is 0 Å². The number of carbonyl (C=O) groups excluding carboxylic acids is 5. The van der Waals surface area contributed by atoms with Gasteiger partial charge < -0.3 is 24.8 Å². The maximum absolute atomic E-state index is 12.9. The Morgan fingerprint density at radius 2 is 1.69 bits per heavy atom. The molecule has 0 aliphatic carbocycles. The zero-order valence-electron chi connectivity index (χ0n) is 25.2. The molecular formula is C34H37N5O6. The van der Waals surface area contributed by atoms with E-state index < -0.39 is 17.9 Å². The number of ether oxygens (including phenoxy) is 1. The summed E-state index contributed by atoms with van der Waals surface area (Å²) in [5.74, 6) is 4.36. The molecule has 11 nitrogen and oxygen atoms in total. The number of fused-ring (bicyclic) bond motifs is 1. The molecule has 0 radical (unpaired) electrons. The number of likely N-dealkylation sites (tertiary alicyclic amines) is 2. The summed E-state index contributed by atoms with van der Waals surface area (Å²) in [6, 6.07) is 11.9. The number of benzene rings is 2. The SMILES string of the molecule is O=C(C#Cc1ccc(OC(=O)N2CCC(N3CCCCC3)CC2)cc1)NCc1ccc2c(c1)CN(C1CCC(=O)NC1=O)C2=O. The molecule has 1 unspecified atom stereocenters. The van der Waals surface area contributed by atoms with Gasteiger partial charge in [0, 0.05) is 55.7 Å². The average molecular weight is 612 g/mol. The van der Waals surface area contributed by atoms with Crippen molar-refractivity contribution < 1.29 is 28.7 Å². The number of hydrogen-bond donors (Lipinski definition) is 2. The summed E-state index contributed by atoms with van der Waals surface area (Å²) >= 11 is 0. The third-order valence-corrected chi connectivity index (χ3v) is 9.05. The second-order valence-corrected chi connectivity index (χ2v) is 12.0. The van der Waals surface area contributed by atoms with Gasteiger partial charge in [0.1, 0.15) is 11.8 Å². The van der Waals surface area contributed by atoms with E-state index in [2.05, 4.69) is 27.4 Å². The summed E-state index contributed by atoms with van der Waals surface area (Å²) in [4.78, 5) is 67.5. The number of rotatable bonds is 5. The predicted molar refractivity (Wildman–Crippen MR) is 164 cm³/mol. The van der Waals surface area contributed by atoms with Gasteiger partial charge in [0.25, 0.3) is 11.8 Å². The molecule has 0 bridgehead atoms. The van der Waals surface area contributed by atoms with Crippen LogP contribution in [0, 0.1) is 11.8 Å². The van der Waals surface area contributed by atoms with E-state index >= 15 is 0 Å². The van der Waals surface area contributed by atoms with Gasteiger partial charge in [0.2, 0.25) is 11.8 Å². The third kappa shape index (κ3) is 7.18. The van der Waals surface area contributed by atoms with Crippen LogP contribution in [0.3, 0.4) is 0 Å². The number of amides is 5. The lowest BCUT2D eigenvalue weighted by molar-refractivity contribution is -0.137. The van der Waals surface area contributed by atoms with Crippen molar-refractivity contribution in [2.24, 2.45) is 0 Å². The van der Waals surface area contributed by atoms with E-state index in [1.807, 2.05) is 6.07 Å². The lowest BCUT2D eigenvalue weighted by atomic mass is 10.0. The Kier molecular flexibility index (Phi) is 9.12. The van der Waals surface area contributed by atoms with Crippen LogP contribution in [0.25, 0.3) is 0 Å². The van der Waals surface area contributed by atoms with Crippen LogP contribution in [0.5, 0.6) is 5.75 Å². The van der Waals surface area contributed by atoms with E-state index in [1.165, 1.54) is 37.3 Å². The Balaban J connectivity index is 0.954. The van der Waals surface area contributed by atoms with Crippen molar-refractivity contribution >= 4 is 29.7 Å². The van der Waals surface area contributed by atoms with Crippen molar-refractivity contribution in [3.05, 3.63) is 64.7 Å². The molecular weight excluding hydrogens is 574 g/mol. The highest BCUT2D eigenvalue weighted by molar-refractivity contribution is 6.05. The normalized spacial score (nSPS) is 20.6. The molecule has 5 amide bonds. The Bertz CT molecular complexity index is 1550. The molecule has 3 fully saturated rings. The predicted octanol–water partition coefficient (Wildman–Crippen LogP) is 2.56. The molecule has 2 aromatic rings. The molecule has 4 aliphatic rings. The molecule has 45 heavy (non-hydrogen) atoms. The third-order valence-electron chi connectivity index (χ3n) is 9.05. The van der Waals surface area contributed by atoms with E-state index in [1.54, 1.807) is 41.3 Å². The fraction of sp³-hybridized carbons (Fsp3) is 0.441. The number of nitrogens with zero attached hydrogens (tertiary/aromatic N) is 3. The maximum atomic E-state index is 12.9. The summed E-state index contributed by atoms with van der Waals surface area (Å²) in [6.07, 6.45) is 5.96. The average Bonchev–Trinajstić information content (AvgIpc) is 3.38. The van der Waals surface area contributed by atoms with Crippen molar-refractivity contribution in [2.45, 2.75) is 70.1 Å². The molecule has 3 saturated heterocycles. The van der Waals surface area contributed by atoms with Crippen molar-refractivity contribution in [3.63, 3.8) is 0 Å². The van der Waals surface area contributed by atoms with E-state index in [-0.39, 0.29) is 37.4 Å². The van der Waals surface area contributed by atoms with Crippen molar-refractivity contribution in [2.75, 3.05) is 26.2 Å². The highest BCUT2D eigenvalue weighted by atomic mass is 16.6. The van der Waals surface area contributed by atoms with Gasteiger partial charge in [-0.05, 0) is 86.7 Å². The fourth-order valence-electron chi connectivity index (χ4n) is 6.56. The smallest absolute Gasteiger partial charge is 0.410 e. The van der Waals surface area contributed by atoms with E-state index in [9.17, 15) is 24.0 Å². The quantitative estimate of drug-likeness (QED) is 0.393. The molecule has 4 aliphatic heterocycles. The zero-order chi connectivity index (χ0) is 31.3. The van der Waals surface area contributed by atoms with E-state index in [4.69, 9.17) is 4.74 Å². The Morgan fingerprint density at radius 3 is 2.42 bits per heavy atom. The summed E-state index contributed by atoms with van der Waals surface area (Å²) < 4.78 is 5.58. The minimum Gasteiger partial charge on any atom is -0.410 e. The molecule has 0 aromatic heterocycles. The monoisotopic (exact) mass is 611 g/mol. The number of piperidine rings is 3. The van der Waals surface area contributed by atoms with Gasteiger partial charge in [-0.25, -0.2) is 4.79 Å². The summed E-state index contributed by atoms with van der Waals surface area (Å²) in [5.41, 5.74) is 2.69. The Hall–Kier alpha value is -4.69. The minimum absolute atomic E-state index is 0.199. The van der Waals surface area contributed by atoms with Gasteiger partial charge in [-0.3, -0.25) is 24.5 Å². The van der Waals surface area contributed by atoms with Crippen LogP contribution in [-0.4, -0.2) is 82.7 Å². The second-order valence-electron chi connectivity index (χ2n) is 12.0. The molecule has 2 N–H and O–H groups in total. The summed E-state index contributed by atoms with van der Waals surface area (Å²) in [5, 5.41) is 5.06. The first kappa shape index (κ1) is 30.3. The molecule has 6 rings (SSSR count). The second kappa shape index (κ2) is 13.5. The number of hydrogen-bond acceptors (Lipinski definition) is 7. The van der Waals surface area contributed by atoms with Gasteiger partial charge in [-0.15, -0.1) is 0 Å². The summed E-state index contributed by atoms with van der Waals surface area (Å²) in [7, 11) is 0. The van der Waals surface area contributed by atoms with Crippen LogP contribution >= 0.6 is 0 Å². The van der Waals surface area contributed by atoms with Crippen molar-refractivity contribution in [3.8, 4) is 17.6 Å². The maximum Gasteiger partial charge on any atom is 0.415 e. The number of carbonyl (C=O) groups is 5. The van der Waals surface area contributed by atoms with Crippen LogP contribution < -0.4 is 15.4 Å². The van der Waals surface area contributed by atoms with Crippen LogP contribution in [0.4, 0.5) is 4.79 Å². The molecule has 11 heteroatoms. The van der Waals surface area contributed by atoms with Gasteiger partial charge in [-0.1, -0.05) is 24.5 Å². The number of nitrogens with one attached hydrogen (secondary N) is 2. The summed E-state index contributed by atoms with van der Waals surface area (Å²) in [6.45, 7) is 4.21. The molecule has 2 aromatic carbocycles. The van der Waals surface area contributed by atoms with Gasteiger partial charge >= 0.3 is 6.09 Å². The first-order valence-electron chi connectivity index (χ1n) is 15.7. The number of imide groups is 1. The standard InChI is InChI=1S/C34H37N5O6/c40-30(35-21-24-6-10-28-25(20-24)22-39(33(28)43)29-11-13-31(41)36-32(29)42)12-7-23-4-8-27(9-5-23)45-34(44)38-18-14-26(15-19-38)37-16-2-1-3-17-37/h4-6,8-10,20,26,29H,1-3,11,13-19,21-22H2,(H,35,40)(H,36,41,42).